The van der Waals surface area contributed by atoms with E-state index in [1.807, 2.05) is 49.6 Å². The molecule has 3 fully saturated rings. The molecule has 12 heteroatoms. The van der Waals surface area contributed by atoms with Crippen LogP contribution >= 0.6 is 0 Å². The number of hydrogen-bond donors (Lipinski definition) is 3. The summed E-state index contributed by atoms with van der Waals surface area (Å²) >= 11 is 0. The van der Waals surface area contributed by atoms with Crippen molar-refractivity contribution in [2.24, 2.45) is 11.3 Å². The molecule has 1 spiro atoms. The quantitative estimate of drug-likeness (QED) is 0.251. The number of para-hydroxylation sites is 1. The van der Waals surface area contributed by atoms with Crippen LogP contribution in [0.4, 0.5) is 5.69 Å². The highest BCUT2D eigenvalue weighted by Crippen LogP contribution is 2.67. The van der Waals surface area contributed by atoms with Gasteiger partial charge in [0.25, 0.3) is 0 Å². The maximum atomic E-state index is 15.2. The summed E-state index contributed by atoms with van der Waals surface area (Å²) in [7, 11) is 7.85. The molecule has 9 rings (SSSR count). The van der Waals surface area contributed by atoms with Gasteiger partial charge in [-0.3, -0.25) is 14.6 Å². The van der Waals surface area contributed by atoms with Gasteiger partial charge in [0.1, 0.15) is 17.3 Å². The Balaban J connectivity index is 1.36. The Morgan fingerprint density at radius 1 is 1.00 bits per heavy atom. The molecule has 12 nitrogen and oxygen atoms in total. The van der Waals surface area contributed by atoms with Crippen molar-refractivity contribution >= 4 is 28.5 Å². The number of esters is 2. The summed E-state index contributed by atoms with van der Waals surface area (Å²) in [4.78, 5) is 39.9. The monoisotopic (exact) mass is 767 g/mol. The summed E-state index contributed by atoms with van der Waals surface area (Å²) in [5.41, 5.74) is -0.962. The molecule has 0 amide bonds. The lowest BCUT2D eigenvalue weighted by atomic mass is 9.49. The Morgan fingerprint density at radius 3 is 2.48 bits per heavy atom. The minimum atomic E-state index is -2.07. The number of nitrogens with one attached hydrogen (secondary N) is 1. The van der Waals surface area contributed by atoms with E-state index in [9.17, 15) is 15.0 Å². The number of fused-ring (bicyclic) bond motifs is 6. The normalized spacial score (nSPS) is 38.4. The van der Waals surface area contributed by atoms with Gasteiger partial charge in [0.05, 0.1) is 33.0 Å². The molecule has 1 aliphatic carbocycles. The van der Waals surface area contributed by atoms with E-state index in [2.05, 4.69) is 46.0 Å². The summed E-state index contributed by atoms with van der Waals surface area (Å²) in [5, 5.41) is 26.0. The molecule has 10 atom stereocenters. The summed E-state index contributed by atoms with van der Waals surface area (Å²) in [6.07, 6.45) is 7.52. The molecule has 56 heavy (non-hydrogen) atoms. The van der Waals surface area contributed by atoms with E-state index >= 15 is 4.79 Å². The zero-order chi connectivity index (χ0) is 39.6. The molecular formula is C44H55N4O8. The number of H-pyrrole nitrogens is 1. The molecule has 1 radical (unpaired) electrons. The smallest absolute Gasteiger partial charge is 0.342 e. The van der Waals surface area contributed by atoms with E-state index in [0.29, 0.717) is 56.6 Å². The number of ether oxygens (including phenoxy) is 4. The Morgan fingerprint density at radius 2 is 1.77 bits per heavy atom. The van der Waals surface area contributed by atoms with Crippen molar-refractivity contribution in [3.63, 3.8) is 0 Å². The number of hydrogen-bond acceptors (Lipinski definition) is 11. The number of aromatic amines is 1. The number of nitrogens with zero attached hydrogens (tertiary/aromatic N) is 3. The number of aromatic nitrogens is 1. The van der Waals surface area contributed by atoms with Gasteiger partial charge in [-0.05, 0) is 67.8 Å². The third kappa shape index (κ3) is 4.64. The summed E-state index contributed by atoms with van der Waals surface area (Å²) in [6.45, 7) is 7.46. The van der Waals surface area contributed by atoms with Crippen molar-refractivity contribution in [3.8, 4) is 5.75 Å². The predicted molar refractivity (Wildman–Crippen MR) is 211 cm³/mol. The van der Waals surface area contributed by atoms with Crippen molar-refractivity contribution in [1.82, 2.24) is 14.8 Å². The topological polar surface area (TPSA) is 137 Å². The van der Waals surface area contributed by atoms with Crippen LogP contribution in [0.25, 0.3) is 10.9 Å². The molecule has 6 heterocycles. The Labute approximate surface area is 328 Å². The maximum absolute atomic E-state index is 15.2. The van der Waals surface area contributed by atoms with Crippen LogP contribution in [-0.2, 0) is 41.1 Å². The van der Waals surface area contributed by atoms with Crippen LogP contribution in [-0.4, -0.2) is 135 Å². The number of aliphatic hydroxyl groups is 2. The zero-order valence-electron chi connectivity index (χ0n) is 33.6. The predicted octanol–water partition coefficient (Wildman–Crippen LogP) is 3.50. The van der Waals surface area contributed by atoms with E-state index in [1.165, 1.54) is 14.2 Å². The van der Waals surface area contributed by atoms with E-state index in [4.69, 9.17) is 18.9 Å². The number of carbonyl (C=O) groups is 2. The number of benzene rings is 2. The fourth-order valence-corrected chi connectivity index (χ4v) is 13.0. The van der Waals surface area contributed by atoms with Gasteiger partial charge in [-0.25, -0.2) is 4.79 Å². The fraction of sp³-hybridized carbons (Fsp3) is 0.568. The molecule has 299 valence electrons. The number of methoxy groups -OCH3 is 4. The molecule has 3 N–H and O–H groups in total. The third-order valence-corrected chi connectivity index (χ3v) is 14.9. The molecule has 5 unspecified atom stereocenters. The second kappa shape index (κ2) is 12.8. The molecule has 3 aromatic rings. The van der Waals surface area contributed by atoms with Gasteiger partial charge in [0, 0.05) is 91.1 Å². The van der Waals surface area contributed by atoms with Crippen LogP contribution in [0.2, 0.25) is 0 Å². The highest BCUT2D eigenvalue weighted by atomic mass is 16.6. The van der Waals surface area contributed by atoms with Crippen LogP contribution in [0, 0.1) is 17.8 Å². The second-order valence-electron chi connectivity index (χ2n) is 17.5. The first kappa shape index (κ1) is 37.6. The van der Waals surface area contributed by atoms with E-state index in [-0.39, 0.29) is 12.0 Å². The van der Waals surface area contributed by atoms with Gasteiger partial charge in [-0.2, -0.15) is 0 Å². The molecule has 1 saturated carbocycles. The highest BCUT2D eigenvalue weighted by molar-refractivity contribution is 5.95. The van der Waals surface area contributed by atoms with Crippen LogP contribution in [0.3, 0.4) is 0 Å². The maximum Gasteiger partial charge on any atom is 0.342 e. The zero-order valence-corrected chi connectivity index (χ0v) is 33.6. The van der Waals surface area contributed by atoms with Crippen molar-refractivity contribution < 1.29 is 38.7 Å². The number of rotatable bonds is 6. The van der Waals surface area contributed by atoms with Crippen LogP contribution in [0.1, 0.15) is 55.5 Å². The van der Waals surface area contributed by atoms with Gasteiger partial charge in [0.15, 0.2) is 0 Å². The van der Waals surface area contributed by atoms with Gasteiger partial charge in [0.2, 0.25) is 5.60 Å². The number of piperidine rings is 1. The minimum absolute atomic E-state index is 0.164. The lowest BCUT2D eigenvalue weighted by Gasteiger charge is -2.62. The van der Waals surface area contributed by atoms with Crippen molar-refractivity contribution in [2.45, 2.75) is 79.8 Å². The molecule has 1 aromatic heterocycles. The first-order valence-electron chi connectivity index (χ1n) is 20.0. The Bertz CT molecular complexity index is 2140. The standard InChI is InChI=1S/C44H55N4O8/c1-8-41(51)22-26-23-43(38(49)55-6,34-28(14-18-47(24-26)25-41)27-12-9-10-13-31(27)45-34)30-20-29-32(21-33(30)53-4)46(3)36-42(29)16-19-48-17-11-15-40(2,35(42)48)37(54-5)44(36,52)39(50)56-7/h9-13,15,20-22,26,35-37,45,51-52H,8,14,16-19,23-25H2,1-7H3/t26?,35?,36?,37-,40-,41+,42?,43+,44+/m1/s1. The summed E-state index contributed by atoms with van der Waals surface area (Å²) in [6, 6.07) is 11.4. The third-order valence-electron chi connectivity index (χ3n) is 14.9. The first-order valence-corrected chi connectivity index (χ1v) is 20.0. The summed E-state index contributed by atoms with van der Waals surface area (Å²) < 4.78 is 23.9. The Hall–Kier alpha value is -3.94. The lowest BCUT2D eigenvalue weighted by Crippen LogP contribution is -2.80. The average molecular weight is 768 g/mol. The number of likely N-dealkylation sites (N-methyl/N-ethyl adjacent to an activating group) is 1. The molecule has 2 aromatic carbocycles. The van der Waals surface area contributed by atoms with Gasteiger partial charge in [-0.15, -0.1) is 0 Å². The van der Waals surface area contributed by atoms with Crippen LogP contribution in [0.5, 0.6) is 5.75 Å². The molecule has 6 aliphatic rings. The number of anilines is 1. The summed E-state index contributed by atoms with van der Waals surface area (Å²) in [5.74, 6) is -0.871. The minimum Gasteiger partial charge on any atom is -0.496 e. The largest absolute Gasteiger partial charge is 0.496 e. The van der Waals surface area contributed by atoms with E-state index < -0.39 is 51.5 Å². The van der Waals surface area contributed by atoms with Crippen molar-refractivity contribution in [3.05, 3.63) is 77.4 Å². The van der Waals surface area contributed by atoms with E-state index in [0.717, 1.165) is 46.5 Å². The number of carbonyl (C=O) groups excluding carboxylic acids is 2. The highest BCUT2D eigenvalue weighted by Gasteiger charge is 2.79. The second-order valence-corrected chi connectivity index (χ2v) is 17.5. The molecule has 2 saturated heterocycles. The average Bonchev–Trinajstić information content (AvgIpc) is 3.85. The SMILES string of the molecule is CC[C@]1(O)[CH]C2CN(CCc3c([nH]c4ccccc34)[C@@](C(=O)OC)(c3cc4c(cc3OC)N(C)C3C45CCN4CC=C[C@](C)(C45)[C@@H](OC)[C@]3(O)C(=O)OC)C2)C1. The van der Waals surface area contributed by atoms with Crippen molar-refractivity contribution in [2.75, 3.05) is 73.1 Å². The van der Waals surface area contributed by atoms with Gasteiger partial charge in [-0.1, -0.05) is 44.2 Å². The van der Waals surface area contributed by atoms with Crippen LogP contribution in [0.15, 0.2) is 48.6 Å². The van der Waals surface area contributed by atoms with Crippen molar-refractivity contribution in [1.29, 1.82) is 0 Å². The lowest BCUT2D eigenvalue weighted by molar-refractivity contribution is -0.221. The molecule has 2 bridgehead atoms. The van der Waals surface area contributed by atoms with Gasteiger partial charge < -0.3 is 39.0 Å². The van der Waals surface area contributed by atoms with Crippen LogP contribution < -0.4 is 9.64 Å². The van der Waals surface area contributed by atoms with E-state index in [1.54, 1.807) is 14.2 Å². The first-order chi connectivity index (χ1) is 26.8. The molecule has 5 aliphatic heterocycles. The fourth-order valence-electron chi connectivity index (χ4n) is 13.0. The Kier molecular flexibility index (Phi) is 8.59. The van der Waals surface area contributed by atoms with Gasteiger partial charge >= 0.3 is 11.9 Å². The molecular weight excluding hydrogens is 713 g/mol.